The maximum Gasteiger partial charge on any atom is 0.261 e. The number of aliphatic hydroxyl groups excluding tert-OH is 1. The predicted molar refractivity (Wildman–Crippen MR) is 47.9 cm³/mol. The van der Waals surface area contributed by atoms with Crippen LogP contribution in [-0.2, 0) is 9.53 Å². The standard InChI is InChI=1S/C9H15NO3/c1-7(11)6-10-9(12)8-4-2-3-5-13-8/h3,5,7-8,11H,2,4,6H2,1H3,(H,10,12). The Balaban J connectivity index is 2.26. The maximum absolute atomic E-state index is 11.3. The second kappa shape index (κ2) is 4.87. The van der Waals surface area contributed by atoms with Crippen molar-refractivity contribution in [3.63, 3.8) is 0 Å². The van der Waals surface area contributed by atoms with Gasteiger partial charge in [-0.15, -0.1) is 0 Å². The summed E-state index contributed by atoms with van der Waals surface area (Å²) in [6.07, 6.45) is 4.12. The Morgan fingerprint density at radius 1 is 1.85 bits per heavy atom. The van der Waals surface area contributed by atoms with E-state index in [1.807, 2.05) is 6.08 Å². The Morgan fingerprint density at radius 2 is 2.62 bits per heavy atom. The Morgan fingerprint density at radius 3 is 3.15 bits per heavy atom. The number of hydrogen-bond acceptors (Lipinski definition) is 3. The van der Waals surface area contributed by atoms with Gasteiger partial charge in [0.2, 0.25) is 0 Å². The van der Waals surface area contributed by atoms with E-state index in [9.17, 15) is 4.79 Å². The molecule has 0 aliphatic carbocycles. The molecule has 0 aromatic rings. The van der Waals surface area contributed by atoms with Gasteiger partial charge in [-0.1, -0.05) is 0 Å². The second-order valence-corrected chi connectivity index (χ2v) is 3.17. The van der Waals surface area contributed by atoms with E-state index in [1.54, 1.807) is 13.2 Å². The summed E-state index contributed by atoms with van der Waals surface area (Å²) in [5.74, 6) is -0.148. The molecule has 1 aliphatic rings. The Bertz CT molecular complexity index is 201. The molecule has 0 bridgehead atoms. The summed E-state index contributed by atoms with van der Waals surface area (Å²) < 4.78 is 5.10. The normalized spacial score (nSPS) is 23.4. The van der Waals surface area contributed by atoms with Gasteiger partial charge < -0.3 is 15.2 Å². The zero-order valence-electron chi connectivity index (χ0n) is 7.69. The average Bonchev–Trinajstić information content (AvgIpc) is 2.15. The Labute approximate surface area is 77.6 Å². The van der Waals surface area contributed by atoms with E-state index in [0.717, 1.165) is 6.42 Å². The highest BCUT2D eigenvalue weighted by Crippen LogP contribution is 2.09. The van der Waals surface area contributed by atoms with Crippen molar-refractivity contribution in [3.05, 3.63) is 12.3 Å². The van der Waals surface area contributed by atoms with Crippen molar-refractivity contribution >= 4 is 5.91 Å². The largest absolute Gasteiger partial charge is 0.489 e. The van der Waals surface area contributed by atoms with Crippen molar-refractivity contribution in [2.24, 2.45) is 0 Å². The van der Waals surface area contributed by atoms with Crippen LogP contribution in [0.3, 0.4) is 0 Å². The van der Waals surface area contributed by atoms with Crippen LogP contribution in [0.5, 0.6) is 0 Å². The number of allylic oxidation sites excluding steroid dienone is 1. The minimum absolute atomic E-state index is 0.148. The van der Waals surface area contributed by atoms with Gasteiger partial charge in [0, 0.05) is 6.54 Å². The molecule has 2 N–H and O–H groups in total. The van der Waals surface area contributed by atoms with Gasteiger partial charge in [0.15, 0.2) is 6.10 Å². The van der Waals surface area contributed by atoms with Crippen LogP contribution in [0.2, 0.25) is 0 Å². The highest BCUT2D eigenvalue weighted by Gasteiger charge is 2.19. The topological polar surface area (TPSA) is 58.6 Å². The van der Waals surface area contributed by atoms with Crippen molar-refractivity contribution in [2.75, 3.05) is 6.54 Å². The molecule has 1 rings (SSSR count). The molecule has 4 heteroatoms. The van der Waals surface area contributed by atoms with E-state index in [4.69, 9.17) is 9.84 Å². The molecule has 0 aromatic carbocycles. The van der Waals surface area contributed by atoms with Gasteiger partial charge in [0.1, 0.15) is 0 Å². The Hall–Kier alpha value is -1.03. The molecular formula is C9H15NO3. The maximum atomic E-state index is 11.3. The van der Waals surface area contributed by atoms with E-state index in [-0.39, 0.29) is 18.6 Å². The minimum Gasteiger partial charge on any atom is -0.489 e. The number of carbonyl (C=O) groups is 1. The van der Waals surface area contributed by atoms with Crippen LogP contribution >= 0.6 is 0 Å². The average molecular weight is 185 g/mol. The third-order valence-electron chi connectivity index (χ3n) is 1.80. The molecular weight excluding hydrogens is 170 g/mol. The number of carbonyl (C=O) groups excluding carboxylic acids is 1. The molecule has 0 radical (unpaired) electrons. The third kappa shape index (κ3) is 3.46. The first kappa shape index (κ1) is 10.1. The van der Waals surface area contributed by atoms with Gasteiger partial charge in [0.05, 0.1) is 12.4 Å². The van der Waals surface area contributed by atoms with Crippen LogP contribution in [-0.4, -0.2) is 29.8 Å². The molecule has 2 atom stereocenters. The molecule has 2 unspecified atom stereocenters. The van der Waals surface area contributed by atoms with Gasteiger partial charge in [-0.3, -0.25) is 4.79 Å². The summed E-state index contributed by atoms with van der Waals surface area (Å²) in [7, 11) is 0. The SMILES string of the molecule is CC(O)CNC(=O)C1CCC=CO1. The van der Waals surface area contributed by atoms with Gasteiger partial charge in [-0.25, -0.2) is 0 Å². The molecule has 0 saturated heterocycles. The summed E-state index contributed by atoms with van der Waals surface area (Å²) in [5.41, 5.74) is 0. The number of hydrogen-bond donors (Lipinski definition) is 2. The lowest BCUT2D eigenvalue weighted by Gasteiger charge is -2.18. The quantitative estimate of drug-likeness (QED) is 0.659. The molecule has 13 heavy (non-hydrogen) atoms. The first-order valence-corrected chi connectivity index (χ1v) is 4.46. The smallest absolute Gasteiger partial charge is 0.261 e. The number of rotatable bonds is 3. The lowest BCUT2D eigenvalue weighted by molar-refractivity contribution is -0.130. The van der Waals surface area contributed by atoms with E-state index in [0.29, 0.717) is 6.42 Å². The van der Waals surface area contributed by atoms with Crippen molar-refractivity contribution in [1.82, 2.24) is 5.32 Å². The molecule has 0 saturated carbocycles. The zero-order valence-corrected chi connectivity index (χ0v) is 7.69. The number of aliphatic hydroxyl groups is 1. The summed E-state index contributed by atoms with van der Waals surface area (Å²) >= 11 is 0. The predicted octanol–water partition coefficient (Wildman–Crippen LogP) is 0.176. The van der Waals surface area contributed by atoms with Crippen LogP contribution in [0.25, 0.3) is 0 Å². The lowest BCUT2D eigenvalue weighted by atomic mass is 10.1. The first-order valence-electron chi connectivity index (χ1n) is 4.46. The van der Waals surface area contributed by atoms with E-state index < -0.39 is 6.10 Å². The lowest BCUT2D eigenvalue weighted by Crippen LogP contribution is -2.39. The fourth-order valence-electron chi connectivity index (χ4n) is 1.09. The molecule has 74 valence electrons. The number of ether oxygens (including phenoxy) is 1. The molecule has 1 amide bonds. The minimum atomic E-state index is -0.511. The van der Waals surface area contributed by atoms with Crippen molar-refractivity contribution in [1.29, 1.82) is 0 Å². The summed E-state index contributed by atoms with van der Waals surface area (Å²) in [6, 6.07) is 0. The summed E-state index contributed by atoms with van der Waals surface area (Å²) in [6.45, 7) is 1.91. The second-order valence-electron chi connectivity index (χ2n) is 3.17. The van der Waals surface area contributed by atoms with E-state index >= 15 is 0 Å². The molecule has 0 fully saturated rings. The number of amides is 1. The van der Waals surface area contributed by atoms with Crippen molar-refractivity contribution in [2.45, 2.75) is 32.0 Å². The van der Waals surface area contributed by atoms with Gasteiger partial charge in [-0.2, -0.15) is 0 Å². The summed E-state index contributed by atoms with van der Waals surface area (Å²) in [5, 5.41) is 11.5. The highest BCUT2D eigenvalue weighted by molar-refractivity contribution is 5.80. The monoisotopic (exact) mass is 185 g/mol. The fraction of sp³-hybridized carbons (Fsp3) is 0.667. The molecule has 1 aliphatic heterocycles. The highest BCUT2D eigenvalue weighted by atomic mass is 16.5. The summed E-state index contributed by atoms with van der Waals surface area (Å²) in [4.78, 5) is 11.3. The van der Waals surface area contributed by atoms with Crippen molar-refractivity contribution in [3.8, 4) is 0 Å². The van der Waals surface area contributed by atoms with Gasteiger partial charge in [-0.05, 0) is 25.8 Å². The molecule has 0 aromatic heterocycles. The number of nitrogens with one attached hydrogen (secondary N) is 1. The first-order chi connectivity index (χ1) is 6.20. The van der Waals surface area contributed by atoms with Crippen molar-refractivity contribution < 1.29 is 14.6 Å². The van der Waals surface area contributed by atoms with Crippen LogP contribution in [0, 0.1) is 0 Å². The van der Waals surface area contributed by atoms with Gasteiger partial charge in [0.25, 0.3) is 5.91 Å². The van der Waals surface area contributed by atoms with Crippen LogP contribution in [0.4, 0.5) is 0 Å². The molecule has 0 spiro atoms. The van der Waals surface area contributed by atoms with E-state index in [1.165, 1.54) is 0 Å². The van der Waals surface area contributed by atoms with Crippen LogP contribution < -0.4 is 5.32 Å². The Kier molecular flexibility index (Phi) is 3.76. The van der Waals surface area contributed by atoms with E-state index in [2.05, 4.69) is 5.32 Å². The molecule has 1 heterocycles. The zero-order chi connectivity index (χ0) is 9.68. The fourth-order valence-corrected chi connectivity index (χ4v) is 1.09. The molecule has 4 nitrogen and oxygen atoms in total. The van der Waals surface area contributed by atoms with Gasteiger partial charge >= 0.3 is 0 Å². The van der Waals surface area contributed by atoms with Crippen LogP contribution in [0.15, 0.2) is 12.3 Å². The third-order valence-corrected chi connectivity index (χ3v) is 1.80. The van der Waals surface area contributed by atoms with Crippen LogP contribution in [0.1, 0.15) is 19.8 Å².